The molecule has 4 rings (SSSR count). The number of nitrogens with zero attached hydrogens (tertiary/aromatic N) is 4. The minimum atomic E-state index is -0.0547. The van der Waals surface area contributed by atoms with E-state index in [0.717, 1.165) is 24.1 Å². The van der Waals surface area contributed by atoms with Gasteiger partial charge in [-0.05, 0) is 36.2 Å². The summed E-state index contributed by atoms with van der Waals surface area (Å²) in [6, 6.07) is 17.2. The Morgan fingerprint density at radius 2 is 2.00 bits per heavy atom. The summed E-state index contributed by atoms with van der Waals surface area (Å²) < 4.78 is 1.56. The molecule has 0 aliphatic heterocycles. The van der Waals surface area contributed by atoms with E-state index in [1.807, 2.05) is 53.6 Å². The predicted octanol–water partition coefficient (Wildman–Crippen LogP) is 3.75. The largest absolute Gasteiger partial charge is 0.384 e. The van der Waals surface area contributed by atoms with E-state index in [0.29, 0.717) is 35.9 Å². The summed E-state index contributed by atoms with van der Waals surface area (Å²) in [6.07, 6.45) is 3.77. The lowest BCUT2D eigenvalue weighted by atomic mass is 10.1. The smallest absolute Gasteiger partial charge is 0.254 e. The number of carbonyl (C=O) groups is 1. The highest BCUT2D eigenvalue weighted by atomic mass is 16.2. The van der Waals surface area contributed by atoms with Crippen LogP contribution in [-0.2, 0) is 6.54 Å². The molecule has 0 unspecified atom stereocenters. The van der Waals surface area contributed by atoms with Crippen LogP contribution in [0.3, 0.4) is 0 Å². The maximum absolute atomic E-state index is 13.3. The van der Waals surface area contributed by atoms with Crippen molar-refractivity contribution < 1.29 is 4.79 Å². The number of rotatable bonds is 7. The molecule has 0 spiro atoms. The number of H-pyrrole nitrogens is 1. The molecule has 1 aromatic carbocycles. The van der Waals surface area contributed by atoms with Crippen LogP contribution in [0, 0.1) is 0 Å². The zero-order chi connectivity index (χ0) is 20.2. The molecule has 0 saturated heterocycles. The van der Waals surface area contributed by atoms with Gasteiger partial charge >= 0.3 is 0 Å². The summed E-state index contributed by atoms with van der Waals surface area (Å²) in [5.74, 6) is 0.866. The summed E-state index contributed by atoms with van der Waals surface area (Å²) >= 11 is 0. The van der Waals surface area contributed by atoms with Gasteiger partial charge in [0.05, 0.1) is 5.69 Å². The number of unbranched alkanes of at least 4 members (excludes halogenated alkanes) is 1. The van der Waals surface area contributed by atoms with Crippen molar-refractivity contribution in [1.29, 1.82) is 0 Å². The highest BCUT2D eigenvalue weighted by Gasteiger charge is 2.19. The number of fused-ring (bicyclic) bond motifs is 1. The predicted molar refractivity (Wildman–Crippen MR) is 113 cm³/mol. The Kier molecular flexibility index (Phi) is 5.29. The number of nitrogen functional groups attached to an aromatic ring is 1. The van der Waals surface area contributed by atoms with E-state index in [9.17, 15) is 4.79 Å². The molecule has 7 nitrogen and oxygen atoms in total. The van der Waals surface area contributed by atoms with E-state index in [2.05, 4.69) is 22.0 Å². The Morgan fingerprint density at radius 1 is 1.17 bits per heavy atom. The van der Waals surface area contributed by atoms with Gasteiger partial charge in [-0.3, -0.25) is 4.79 Å². The first-order chi connectivity index (χ1) is 14.2. The molecular formula is C22H24N6O. The fourth-order valence-electron chi connectivity index (χ4n) is 3.30. The molecular weight excluding hydrogens is 364 g/mol. The van der Waals surface area contributed by atoms with Crippen molar-refractivity contribution >= 4 is 17.4 Å². The molecule has 3 aromatic heterocycles. The lowest BCUT2D eigenvalue weighted by molar-refractivity contribution is 0.0741. The number of aromatic nitrogens is 4. The molecule has 0 saturated carbocycles. The second kappa shape index (κ2) is 8.18. The van der Waals surface area contributed by atoms with Crippen molar-refractivity contribution in [3.63, 3.8) is 0 Å². The number of anilines is 1. The number of amides is 1. The standard InChI is InChI=1S/C22H24N6O/c1-2-3-12-27(15-16-8-5-4-6-9-16)22(29)17-13-19(23)28-20(14-17)25-21(26-28)18-10-7-11-24-18/h4-11,13-14,24H,2-3,12,15,23H2,1H3. The van der Waals surface area contributed by atoms with Crippen LogP contribution >= 0.6 is 0 Å². The molecule has 29 heavy (non-hydrogen) atoms. The van der Waals surface area contributed by atoms with Gasteiger partial charge in [-0.2, -0.15) is 4.52 Å². The number of pyridine rings is 1. The summed E-state index contributed by atoms with van der Waals surface area (Å²) in [7, 11) is 0. The maximum Gasteiger partial charge on any atom is 0.254 e. The zero-order valence-electron chi connectivity index (χ0n) is 16.4. The van der Waals surface area contributed by atoms with Gasteiger partial charge < -0.3 is 15.6 Å². The van der Waals surface area contributed by atoms with Gasteiger partial charge in [0.2, 0.25) is 0 Å². The molecule has 0 bridgehead atoms. The first-order valence-electron chi connectivity index (χ1n) is 9.79. The third-order valence-corrected chi connectivity index (χ3v) is 4.84. The van der Waals surface area contributed by atoms with Crippen molar-refractivity contribution in [2.24, 2.45) is 0 Å². The topological polar surface area (TPSA) is 92.3 Å². The van der Waals surface area contributed by atoms with Crippen LogP contribution in [0.4, 0.5) is 5.82 Å². The average molecular weight is 388 g/mol. The van der Waals surface area contributed by atoms with Crippen LogP contribution < -0.4 is 5.73 Å². The molecule has 1 amide bonds. The van der Waals surface area contributed by atoms with E-state index in [1.54, 1.807) is 16.6 Å². The molecule has 148 valence electrons. The van der Waals surface area contributed by atoms with Crippen molar-refractivity contribution in [3.8, 4) is 11.5 Å². The third kappa shape index (κ3) is 3.99. The second-order valence-corrected chi connectivity index (χ2v) is 7.02. The van der Waals surface area contributed by atoms with Crippen molar-refractivity contribution in [1.82, 2.24) is 24.5 Å². The van der Waals surface area contributed by atoms with E-state index in [-0.39, 0.29) is 5.91 Å². The molecule has 0 aliphatic rings. The minimum absolute atomic E-state index is 0.0547. The van der Waals surface area contributed by atoms with E-state index < -0.39 is 0 Å². The summed E-state index contributed by atoms with van der Waals surface area (Å²) in [5, 5.41) is 4.44. The van der Waals surface area contributed by atoms with Crippen LogP contribution in [0.25, 0.3) is 17.2 Å². The number of carbonyl (C=O) groups excluding carboxylic acids is 1. The molecule has 3 heterocycles. The normalized spacial score (nSPS) is 11.1. The average Bonchev–Trinajstić information content (AvgIpc) is 3.41. The fraction of sp³-hybridized carbons (Fsp3) is 0.227. The fourth-order valence-corrected chi connectivity index (χ4v) is 3.30. The molecule has 4 aromatic rings. The van der Waals surface area contributed by atoms with Crippen LogP contribution in [0.2, 0.25) is 0 Å². The van der Waals surface area contributed by atoms with Crippen LogP contribution in [-0.4, -0.2) is 36.9 Å². The van der Waals surface area contributed by atoms with Crippen molar-refractivity contribution in [2.75, 3.05) is 12.3 Å². The number of hydrogen-bond acceptors (Lipinski definition) is 4. The van der Waals surface area contributed by atoms with Crippen LogP contribution in [0.5, 0.6) is 0 Å². The molecule has 3 N–H and O–H groups in total. The van der Waals surface area contributed by atoms with Crippen molar-refractivity contribution in [2.45, 2.75) is 26.3 Å². The number of nitrogens with one attached hydrogen (secondary N) is 1. The Balaban J connectivity index is 1.66. The van der Waals surface area contributed by atoms with Gasteiger partial charge in [0.25, 0.3) is 5.91 Å². The van der Waals surface area contributed by atoms with Gasteiger partial charge in [0, 0.05) is 24.8 Å². The first-order valence-corrected chi connectivity index (χ1v) is 9.79. The van der Waals surface area contributed by atoms with Crippen LogP contribution in [0.1, 0.15) is 35.7 Å². The lowest BCUT2D eigenvalue weighted by Crippen LogP contribution is -2.31. The molecule has 0 fully saturated rings. The molecule has 0 aliphatic carbocycles. The van der Waals surface area contributed by atoms with Gasteiger partial charge in [-0.1, -0.05) is 43.7 Å². The SMILES string of the molecule is CCCCN(Cc1ccccc1)C(=O)c1cc(N)n2nc(-c3ccc[nH]3)nc2c1. The quantitative estimate of drug-likeness (QED) is 0.504. The molecule has 0 radical (unpaired) electrons. The van der Waals surface area contributed by atoms with Crippen molar-refractivity contribution in [3.05, 3.63) is 71.9 Å². The molecule has 7 heteroatoms. The summed E-state index contributed by atoms with van der Waals surface area (Å²) in [4.78, 5) is 22.8. The number of aromatic amines is 1. The third-order valence-electron chi connectivity index (χ3n) is 4.84. The Morgan fingerprint density at radius 3 is 2.72 bits per heavy atom. The van der Waals surface area contributed by atoms with Gasteiger partial charge in [-0.15, -0.1) is 5.10 Å². The van der Waals surface area contributed by atoms with Crippen LogP contribution in [0.15, 0.2) is 60.8 Å². The van der Waals surface area contributed by atoms with E-state index >= 15 is 0 Å². The lowest BCUT2D eigenvalue weighted by Gasteiger charge is -2.23. The zero-order valence-corrected chi connectivity index (χ0v) is 16.4. The Bertz CT molecular complexity index is 1100. The summed E-state index contributed by atoms with van der Waals surface area (Å²) in [6.45, 7) is 3.37. The van der Waals surface area contributed by atoms with Gasteiger partial charge in [0.15, 0.2) is 11.5 Å². The number of hydrogen-bond donors (Lipinski definition) is 2. The maximum atomic E-state index is 13.3. The highest BCUT2D eigenvalue weighted by Crippen LogP contribution is 2.20. The molecule has 0 atom stereocenters. The Labute approximate surface area is 169 Å². The number of nitrogens with two attached hydrogens (primary N) is 1. The second-order valence-electron chi connectivity index (χ2n) is 7.02. The monoisotopic (exact) mass is 388 g/mol. The van der Waals surface area contributed by atoms with E-state index in [1.165, 1.54) is 0 Å². The first kappa shape index (κ1) is 18.7. The Hall–Kier alpha value is -3.61. The van der Waals surface area contributed by atoms with E-state index in [4.69, 9.17) is 5.73 Å². The van der Waals surface area contributed by atoms with Gasteiger partial charge in [-0.25, -0.2) is 4.98 Å². The highest BCUT2D eigenvalue weighted by molar-refractivity contribution is 5.96. The number of benzene rings is 1. The summed E-state index contributed by atoms with van der Waals surface area (Å²) in [5.41, 5.74) is 9.16. The van der Waals surface area contributed by atoms with Gasteiger partial charge in [0.1, 0.15) is 5.82 Å². The minimum Gasteiger partial charge on any atom is -0.384 e.